The monoisotopic (exact) mass is 767 g/mol. The summed E-state index contributed by atoms with van der Waals surface area (Å²) < 4.78 is 0. The number of benzene rings is 8. The van der Waals surface area contributed by atoms with Crippen molar-refractivity contribution in [2.45, 2.75) is 52.0 Å². The van der Waals surface area contributed by atoms with Crippen molar-refractivity contribution >= 4 is 55.9 Å². The number of hydrogen-bond acceptors (Lipinski definition) is 4. The molecule has 0 saturated heterocycles. The zero-order valence-corrected chi connectivity index (χ0v) is 33.7. The van der Waals surface area contributed by atoms with Crippen LogP contribution in [0.2, 0.25) is 0 Å². The molecule has 0 unspecified atom stereocenters. The highest BCUT2D eigenvalue weighted by Gasteiger charge is 2.22. The number of rotatable bonds is 15. The summed E-state index contributed by atoms with van der Waals surface area (Å²) >= 11 is 0. The minimum Gasteiger partial charge on any atom is -0.311 e. The Labute approximate surface area is 347 Å². The number of aryl methyl sites for hydroxylation is 1. The average Bonchev–Trinajstić information content (AvgIpc) is 3.72. The third-order valence-electron chi connectivity index (χ3n) is 11.2. The normalized spacial score (nSPS) is 11.3. The minimum atomic E-state index is 0.792. The van der Waals surface area contributed by atoms with Crippen molar-refractivity contribution in [1.29, 1.82) is 0 Å². The summed E-state index contributed by atoms with van der Waals surface area (Å²) in [6.45, 7) is 3.06. The van der Waals surface area contributed by atoms with Crippen LogP contribution >= 0.6 is 0 Å². The molecule has 8 aromatic carbocycles. The second kappa shape index (κ2) is 17.7. The molecule has 0 aliphatic rings. The maximum Gasteiger partial charge on any atom is 0.122 e. The average molecular weight is 768 g/mol. The predicted octanol–water partition coefficient (Wildman–Crippen LogP) is 15.2. The summed E-state index contributed by atoms with van der Waals surface area (Å²) in [7, 11) is 0. The van der Waals surface area contributed by atoms with E-state index in [0.29, 0.717) is 0 Å². The summed E-state index contributed by atoms with van der Waals surface area (Å²) in [5, 5.41) is 13.0. The molecule has 0 bridgehead atoms. The Bertz CT molecular complexity index is 2470. The zero-order chi connectivity index (χ0) is 39.8. The number of aromatic nitrogens is 3. The Morgan fingerprint density at radius 2 is 0.678 bits per heavy atom. The fourth-order valence-corrected chi connectivity index (χ4v) is 8.33. The predicted molar refractivity (Wildman–Crippen MR) is 249 cm³/mol. The molecule has 5 nitrogen and oxygen atoms in total. The number of hydrogen-bond donors (Lipinski definition) is 0. The molecule has 0 spiro atoms. The molecular weight excluding hydrogens is 719 g/mol. The van der Waals surface area contributed by atoms with Crippen LogP contribution < -0.4 is 9.80 Å². The summed E-state index contributed by atoms with van der Waals surface area (Å²) in [6, 6.07) is 69.0. The highest BCUT2D eigenvalue weighted by atomic mass is 15.5. The number of para-hydroxylation sites is 4. The molecule has 0 aliphatic heterocycles. The van der Waals surface area contributed by atoms with Crippen LogP contribution in [0.5, 0.6) is 0 Å². The van der Waals surface area contributed by atoms with E-state index in [1.54, 1.807) is 0 Å². The molecule has 9 rings (SSSR count). The SMILES string of the molecule is CCCCCCCCn1nc2c(-c3ccc(N(c4ccccc4)c4ccccc4)cc3)c3ccccc3c(-c3ccc(N(c4ccccc4)c4ccccc4)cc3)c2n1. The van der Waals surface area contributed by atoms with E-state index in [9.17, 15) is 0 Å². The van der Waals surface area contributed by atoms with E-state index < -0.39 is 0 Å². The minimum absolute atomic E-state index is 0.792. The number of unbranched alkanes of at least 4 members (excludes halogenated alkanes) is 5. The molecule has 5 heteroatoms. The molecule has 0 fully saturated rings. The molecule has 290 valence electrons. The van der Waals surface area contributed by atoms with Crippen molar-refractivity contribution in [3.63, 3.8) is 0 Å². The van der Waals surface area contributed by atoms with Gasteiger partial charge in [-0.1, -0.05) is 160 Å². The van der Waals surface area contributed by atoms with Gasteiger partial charge in [-0.05, 0) is 101 Å². The Kier molecular flexibility index (Phi) is 11.3. The van der Waals surface area contributed by atoms with Crippen LogP contribution in [0.1, 0.15) is 45.4 Å². The molecule has 1 aromatic heterocycles. The third-order valence-corrected chi connectivity index (χ3v) is 11.2. The van der Waals surface area contributed by atoms with Crippen molar-refractivity contribution in [3.8, 4) is 22.3 Å². The lowest BCUT2D eigenvalue weighted by atomic mass is 9.90. The van der Waals surface area contributed by atoms with E-state index in [1.807, 2.05) is 4.80 Å². The highest BCUT2D eigenvalue weighted by Crippen LogP contribution is 2.44. The topological polar surface area (TPSA) is 37.2 Å². The Morgan fingerprint density at radius 3 is 1.05 bits per heavy atom. The summed E-state index contributed by atoms with van der Waals surface area (Å²) in [4.78, 5) is 6.56. The maximum atomic E-state index is 5.32. The van der Waals surface area contributed by atoms with E-state index in [-0.39, 0.29) is 0 Å². The molecule has 0 atom stereocenters. The van der Waals surface area contributed by atoms with Gasteiger partial charge in [-0.3, -0.25) is 0 Å². The second-order valence-corrected chi connectivity index (χ2v) is 15.2. The van der Waals surface area contributed by atoms with Gasteiger partial charge in [0.2, 0.25) is 0 Å². The Morgan fingerprint density at radius 1 is 0.356 bits per heavy atom. The molecule has 0 saturated carbocycles. The van der Waals surface area contributed by atoms with Crippen molar-refractivity contribution in [2.75, 3.05) is 9.80 Å². The zero-order valence-electron chi connectivity index (χ0n) is 33.7. The van der Waals surface area contributed by atoms with Crippen molar-refractivity contribution in [2.24, 2.45) is 0 Å². The van der Waals surface area contributed by atoms with E-state index in [4.69, 9.17) is 10.2 Å². The van der Waals surface area contributed by atoms with E-state index in [1.165, 1.54) is 32.1 Å². The Hall–Kier alpha value is -6.98. The first-order valence-corrected chi connectivity index (χ1v) is 21.1. The molecule has 9 aromatic rings. The highest BCUT2D eigenvalue weighted by molar-refractivity contribution is 6.19. The van der Waals surface area contributed by atoms with Crippen molar-refractivity contribution in [3.05, 3.63) is 194 Å². The van der Waals surface area contributed by atoms with E-state index in [2.05, 4.69) is 211 Å². The molecule has 0 aliphatic carbocycles. The lowest BCUT2D eigenvalue weighted by Crippen LogP contribution is -2.09. The summed E-state index contributed by atoms with van der Waals surface area (Å²) in [5.41, 5.74) is 13.0. The van der Waals surface area contributed by atoms with Crippen molar-refractivity contribution < 1.29 is 0 Å². The fourth-order valence-electron chi connectivity index (χ4n) is 8.33. The van der Waals surface area contributed by atoms with Crippen LogP contribution in [-0.4, -0.2) is 15.0 Å². The van der Waals surface area contributed by atoms with E-state index >= 15 is 0 Å². The first-order chi connectivity index (χ1) is 29.3. The molecule has 0 amide bonds. The van der Waals surface area contributed by atoms with Crippen LogP contribution in [0.4, 0.5) is 34.1 Å². The van der Waals surface area contributed by atoms with Gasteiger partial charge in [-0.15, -0.1) is 0 Å². The Balaban J connectivity index is 1.16. The van der Waals surface area contributed by atoms with Crippen LogP contribution in [0.3, 0.4) is 0 Å². The molecular formula is C54H49N5. The standard InChI is InChI=1S/C54H49N5/c1-2-3-4-5-6-21-40-57-55-53-51(41-32-36-47(37-33-41)58(43-22-11-7-12-23-43)44-24-13-8-14-25-44)49-30-19-20-31-50(49)52(54(53)56-57)42-34-38-48(39-35-42)59(45-26-15-9-16-27-45)46-28-17-10-18-29-46/h7-20,22-39H,2-6,21,40H2,1H3. The van der Waals surface area contributed by atoms with Gasteiger partial charge in [-0.25, -0.2) is 0 Å². The van der Waals surface area contributed by atoms with Crippen molar-refractivity contribution in [1.82, 2.24) is 15.0 Å². The van der Waals surface area contributed by atoms with Gasteiger partial charge in [0.05, 0.1) is 6.54 Å². The molecule has 59 heavy (non-hydrogen) atoms. The van der Waals surface area contributed by atoms with Gasteiger partial charge in [0.1, 0.15) is 11.0 Å². The lowest BCUT2D eigenvalue weighted by Gasteiger charge is -2.26. The molecule has 0 N–H and O–H groups in total. The van der Waals surface area contributed by atoms with Gasteiger partial charge >= 0.3 is 0 Å². The molecule has 1 heterocycles. The first kappa shape index (κ1) is 37.6. The number of anilines is 6. The summed E-state index contributed by atoms with van der Waals surface area (Å²) in [5.74, 6) is 0. The van der Waals surface area contributed by atoms with E-state index in [0.717, 1.165) is 91.1 Å². The lowest BCUT2D eigenvalue weighted by molar-refractivity contribution is 0.488. The van der Waals surface area contributed by atoms with Gasteiger partial charge < -0.3 is 9.80 Å². The third kappa shape index (κ3) is 7.97. The van der Waals surface area contributed by atoms with Gasteiger partial charge in [0, 0.05) is 45.3 Å². The van der Waals surface area contributed by atoms with Crippen LogP contribution in [-0.2, 0) is 6.54 Å². The smallest absolute Gasteiger partial charge is 0.122 e. The second-order valence-electron chi connectivity index (χ2n) is 15.2. The quantitative estimate of drug-likeness (QED) is 0.0974. The first-order valence-electron chi connectivity index (χ1n) is 21.1. The van der Waals surface area contributed by atoms with Gasteiger partial charge in [0.15, 0.2) is 0 Å². The van der Waals surface area contributed by atoms with Gasteiger partial charge in [-0.2, -0.15) is 15.0 Å². The van der Waals surface area contributed by atoms with Crippen LogP contribution in [0.15, 0.2) is 194 Å². The largest absolute Gasteiger partial charge is 0.311 e. The van der Waals surface area contributed by atoms with Crippen LogP contribution in [0, 0.1) is 0 Å². The fraction of sp³-hybridized carbons (Fsp3) is 0.148. The van der Waals surface area contributed by atoms with Crippen LogP contribution in [0.25, 0.3) is 44.1 Å². The molecule has 0 radical (unpaired) electrons. The maximum absolute atomic E-state index is 5.32. The summed E-state index contributed by atoms with van der Waals surface area (Å²) in [6.07, 6.45) is 7.32. The number of fused-ring (bicyclic) bond motifs is 2. The number of nitrogens with zero attached hydrogens (tertiary/aromatic N) is 5. The van der Waals surface area contributed by atoms with Gasteiger partial charge in [0.25, 0.3) is 0 Å².